The molecular formula is C16H38N2. The molecule has 4 N–H and O–H groups in total. The number of hydrogen-bond acceptors (Lipinski definition) is 2. The third-order valence-corrected chi connectivity index (χ3v) is 3.12. The molecule has 0 heterocycles. The van der Waals surface area contributed by atoms with E-state index >= 15 is 0 Å². The minimum absolute atomic E-state index is 0.867. The van der Waals surface area contributed by atoms with Crippen LogP contribution in [-0.2, 0) is 0 Å². The molecule has 0 saturated carbocycles. The highest BCUT2D eigenvalue weighted by atomic mass is 14.5. The molecule has 0 radical (unpaired) electrons. The summed E-state index contributed by atoms with van der Waals surface area (Å²) in [7, 11) is 0. The maximum absolute atomic E-state index is 5.34. The second kappa shape index (κ2) is 22.1. The maximum Gasteiger partial charge on any atom is -0.00773 e. The molecule has 0 aromatic heterocycles. The lowest BCUT2D eigenvalue weighted by molar-refractivity contribution is 0.612. The smallest absolute Gasteiger partial charge is 0.00773 e. The zero-order valence-corrected chi connectivity index (χ0v) is 13.1. The molecule has 2 nitrogen and oxygen atoms in total. The predicted molar refractivity (Wildman–Crippen MR) is 84.9 cm³/mol. The summed E-state index contributed by atoms with van der Waals surface area (Å²) in [5.74, 6) is 0. The van der Waals surface area contributed by atoms with E-state index in [1.807, 2.05) is 0 Å². The Balaban J connectivity index is 0. The molecule has 0 spiro atoms. The van der Waals surface area contributed by atoms with Crippen LogP contribution in [0.25, 0.3) is 0 Å². The molecular weight excluding hydrogens is 220 g/mol. The highest BCUT2D eigenvalue weighted by molar-refractivity contribution is 4.43. The molecule has 0 aliphatic rings. The summed E-state index contributed by atoms with van der Waals surface area (Å²) in [6, 6.07) is 0. The van der Waals surface area contributed by atoms with Crippen LogP contribution in [0.5, 0.6) is 0 Å². The topological polar surface area (TPSA) is 52.0 Å². The third-order valence-electron chi connectivity index (χ3n) is 3.12. The summed E-state index contributed by atoms with van der Waals surface area (Å²) in [4.78, 5) is 0. The van der Waals surface area contributed by atoms with Gasteiger partial charge in [-0.3, -0.25) is 0 Å². The molecule has 0 aromatic carbocycles. The molecule has 2 heteroatoms. The van der Waals surface area contributed by atoms with Crippen LogP contribution in [0.15, 0.2) is 0 Å². The van der Waals surface area contributed by atoms with E-state index < -0.39 is 0 Å². The first-order chi connectivity index (χ1) is 8.83. The van der Waals surface area contributed by atoms with Crippen molar-refractivity contribution in [3.8, 4) is 0 Å². The molecule has 0 aliphatic heterocycles. The van der Waals surface area contributed by atoms with Crippen LogP contribution in [0.1, 0.15) is 90.9 Å². The zero-order valence-electron chi connectivity index (χ0n) is 13.1. The Morgan fingerprint density at radius 1 is 0.444 bits per heavy atom. The van der Waals surface area contributed by atoms with Gasteiger partial charge in [0.1, 0.15) is 0 Å². The fraction of sp³-hybridized carbons (Fsp3) is 1.00. The van der Waals surface area contributed by atoms with Gasteiger partial charge in [0.2, 0.25) is 0 Å². The third kappa shape index (κ3) is 24.9. The Morgan fingerprint density at radius 3 is 1.00 bits per heavy atom. The van der Waals surface area contributed by atoms with Gasteiger partial charge in [0, 0.05) is 0 Å². The van der Waals surface area contributed by atoms with Gasteiger partial charge in [-0.15, -0.1) is 0 Å². The van der Waals surface area contributed by atoms with Crippen molar-refractivity contribution >= 4 is 0 Å². The average Bonchev–Trinajstić information content (AvgIpc) is 2.39. The summed E-state index contributed by atoms with van der Waals surface area (Å²) in [6.07, 6.45) is 16.1. The number of nitrogens with two attached hydrogens (primary N) is 2. The Bertz CT molecular complexity index is 89.7. The Labute approximate surface area is 116 Å². The Hall–Kier alpha value is -0.0800. The summed E-state index contributed by atoms with van der Waals surface area (Å²) < 4.78 is 0. The lowest BCUT2D eigenvalue weighted by Gasteiger charge is -1.96. The van der Waals surface area contributed by atoms with E-state index in [9.17, 15) is 0 Å². The highest BCUT2D eigenvalue weighted by Crippen LogP contribution is 2.03. The van der Waals surface area contributed by atoms with E-state index in [4.69, 9.17) is 11.5 Å². The van der Waals surface area contributed by atoms with Crippen molar-refractivity contribution < 1.29 is 0 Å². The SMILES string of the molecule is CCCCCCCCN.CCCCCCCCN. The molecule has 0 fully saturated rings. The first kappa shape index (κ1) is 20.2. The van der Waals surface area contributed by atoms with Gasteiger partial charge in [0.25, 0.3) is 0 Å². The maximum atomic E-state index is 5.34. The monoisotopic (exact) mass is 258 g/mol. The molecule has 0 saturated heterocycles. The van der Waals surface area contributed by atoms with Crippen LogP contribution in [0, 0.1) is 0 Å². The quantitative estimate of drug-likeness (QED) is 0.502. The van der Waals surface area contributed by atoms with E-state index in [1.165, 1.54) is 77.0 Å². The standard InChI is InChI=1S/2C8H19N/c2*1-2-3-4-5-6-7-8-9/h2*2-9H2,1H3. The molecule has 0 amide bonds. The lowest BCUT2D eigenvalue weighted by Crippen LogP contribution is -1.97. The van der Waals surface area contributed by atoms with Gasteiger partial charge in [0.15, 0.2) is 0 Å². The molecule has 18 heavy (non-hydrogen) atoms. The van der Waals surface area contributed by atoms with Crippen molar-refractivity contribution in [3.05, 3.63) is 0 Å². The summed E-state index contributed by atoms with van der Waals surface area (Å²) in [6.45, 7) is 6.21. The Kier molecular flexibility index (Phi) is 24.9. The molecule has 0 atom stereocenters. The van der Waals surface area contributed by atoms with Gasteiger partial charge in [-0.05, 0) is 25.9 Å². The van der Waals surface area contributed by atoms with Gasteiger partial charge in [0.05, 0.1) is 0 Å². The summed E-state index contributed by atoms with van der Waals surface area (Å²) >= 11 is 0. The van der Waals surface area contributed by atoms with Crippen LogP contribution < -0.4 is 11.5 Å². The first-order valence-electron chi connectivity index (χ1n) is 8.23. The van der Waals surface area contributed by atoms with Crippen LogP contribution >= 0.6 is 0 Å². The zero-order chi connectivity index (χ0) is 13.9. The van der Waals surface area contributed by atoms with Crippen molar-refractivity contribution in [3.63, 3.8) is 0 Å². The van der Waals surface area contributed by atoms with Gasteiger partial charge < -0.3 is 11.5 Å². The minimum Gasteiger partial charge on any atom is -0.330 e. The van der Waals surface area contributed by atoms with Crippen molar-refractivity contribution in [2.75, 3.05) is 13.1 Å². The summed E-state index contributed by atoms with van der Waals surface area (Å²) in [5.41, 5.74) is 10.7. The largest absolute Gasteiger partial charge is 0.330 e. The van der Waals surface area contributed by atoms with Gasteiger partial charge >= 0.3 is 0 Å². The van der Waals surface area contributed by atoms with Gasteiger partial charge in [-0.25, -0.2) is 0 Å². The fourth-order valence-electron chi connectivity index (χ4n) is 1.85. The van der Waals surface area contributed by atoms with Crippen molar-refractivity contribution in [2.24, 2.45) is 11.5 Å². The number of rotatable bonds is 12. The number of unbranched alkanes of at least 4 members (excludes halogenated alkanes) is 10. The average molecular weight is 258 g/mol. The second-order valence-electron chi connectivity index (χ2n) is 5.11. The molecule has 0 bridgehead atoms. The minimum atomic E-state index is 0.867. The van der Waals surface area contributed by atoms with Gasteiger partial charge in [-0.2, -0.15) is 0 Å². The Morgan fingerprint density at radius 2 is 0.722 bits per heavy atom. The van der Waals surface area contributed by atoms with Crippen LogP contribution in [0.3, 0.4) is 0 Å². The van der Waals surface area contributed by atoms with E-state index in [1.54, 1.807) is 0 Å². The normalized spacial score (nSPS) is 10.0. The fourth-order valence-corrected chi connectivity index (χ4v) is 1.85. The van der Waals surface area contributed by atoms with E-state index in [-0.39, 0.29) is 0 Å². The van der Waals surface area contributed by atoms with Crippen molar-refractivity contribution in [1.29, 1.82) is 0 Å². The van der Waals surface area contributed by atoms with Crippen LogP contribution in [0.4, 0.5) is 0 Å². The van der Waals surface area contributed by atoms with Gasteiger partial charge in [-0.1, -0.05) is 78.1 Å². The van der Waals surface area contributed by atoms with Crippen LogP contribution in [0.2, 0.25) is 0 Å². The van der Waals surface area contributed by atoms with Crippen LogP contribution in [-0.4, -0.2) is 13.1 Å². The first-order valence-corrected chi connectivity index (χ1v) is 8.23. The number of hydrogen-bond donors (Lipinski definition) is 2. The molecule has 0 unspecified atom stereocenters. The molecule has 0 aliphatic carbocycles. The van der Waals surface area contributed by atoms with E-state index in [0.717, 1.165) is 13.1 Å². The van der Waals surface area contributed by atoms with E-state index in [0.29, 0.717) is 0 Å². The molecule has 112 valence electrons. The predicted octanol–water partition coefficient (Wildman–Crippen LogP) is 4.61. The van der Waals surface area contributed by atoms with Crippen molar-refractivity contribution in [2.45, 2.75) is 90.9 Å². The lowest BCUT2D eigenvalue weighted by atomic mass is 10.1. The molecule has 0 aromatic rings. The summed E-state index contributed by atoms with van der Waals surface area (Å²) in [5, 5.41) is 0. The van der Waals surface area contributed by atoms with Crippen molar-refractivity contribution in [1.82, 2.24) is 0 Å². The highest BCUT2D eigenvalue weighted by Gasteiger charge is 1.86. The second-order valence-corrected chi connectivity index (χ2v) is 5.11. The molecule has 0 rings (SSSR count). The van der Waals surface area contributed by atoms with E-state index in [2.05, 4.69) is 13.8 Å².